The Morgan fingerprint density at radius 1 is 1.67 bits per heavy atom. The van der Waals surface area contributed by atoms with E-state index in [9.17, 15) is 9.90 Å². The van der Waals surface area contributed by atoms with E-state index in [0.29, 0.717) is 19.5 Å². The molecule has 2 heterocycles. The summed E-state index contributed by atoms with van der Waals surface area (Å²) in [5, 5.41) is 13.4. The van der Waals surface area contributed by atoms with Gasteiger partial charge < -0.3 is 10.0 Å². The minimum Gasteiger partial charge on any atom is -0.391 e. The highest BCUT2D eigenvalue weighted by atomic mass is 16.3. The number of aromatic nitrogens is 2. The number of likely N-dealkylation sites (tertiary alicyclic amines) is 1. The van der Waals surface area contributed by atoms with Crippen LogP contribution in [-0.2, 0) is 4.79 Å². The van der Waals surface area contributed by atoms with Crippen molar-refractivity contribution in [3.63, 3.8) is 0 Å². The van der Waals surface area contributed by atoms with E-state index in [-0.39, 0.29) is 18.1 Å². The van der Waals surface area contributed by atoms with Gasteiger partial charge in [-0.1, -0.05) is 0 Å². The molecule has 1 fully saturated rings. The lowest BCUT2D eigenvalue weighted by Crippen LogP contribution is -2.35. The van der Waals surface area contributed by atoms with Gasteiger partial charge in [-0.25, -0.2) is 0 Å². The van der Waals surface area contributed by atoms with Gasteiger partial charge in [0.15, 0.2) is 0 Å². The lowest BCUT2D eigenvalue weighted by molar-refractivity contribution is -0.133. The maximum absolute atomic E-state index is 11.9. The van der Waals surface area contributed by atoms with E-state index in [1.54, 1.807) is 28.0 Å². The Balaban J connectivity index is 2.02. The molecular formula is C10H15N3O2. The van der Waals surface area contributed by atoms with Crippen LogP contribution in [0.3, 0.4) is 0 Å². The molecule has 0 aliphatic carbocycles. The molecule has 2 atom stereocenters. The van der Waals surface area contributed by atoms with Gasteiger partial charge in [0.05, 0.1) is 6.10 Å². The monoisotopic (exact) mass is 209 g/mol. The number of nitrogens with zero attached hydrogens (tertiary/aromatic N) is 3. The first kappa shape index (κ1) is 10.2. The summed E-state index contributed by atoms with van der Waals surface area (Å²) in [6.45, 7) is 2.91. The van der Waals surface area contributed by atoms with Crippen molar-refractivity contribution in [2.45, 2.75) is 25.5 Å². The van der Waals surface area contributed by atoms with Crippen LogP contribution in [0.5, 0.6) is 0 Å². The molecule has 0 saturated carbocycles. The molecular weight excluding hydrogens is 194 g/mol. The van der Waals surface area contributed by atoms with E-state index in [2.05, 4.69) is 5.10 Å². The summed E-state index contributed by atoms with van der Waals surface area (Å²) in [7, 11) is 0. The van der Waals surface area contributed by atoms with Gasteiger partial charge in [-0.3, -0.25) is 9.48 Å². The summed E-state index contributed by atoms with van der Waals surface area (Å²) in [6, 6.07) is 1.51. The molecule has 5 heteroatoms. The van der Waals surface area contributed by atoms with E-state index in [0.717, 1.165) is 0 Å². The van der Waals surface area contributed by atoms with Gasteiger partial charge in [0.1, 0.15) is 6.04 Å². The Kier molecular flexibility index (Phi) is 2.73. The molecule has 1 aliphatic heterocycles. The van der Waals surface area contributed by atoms with Crippen LogP contribution < -0.4 is 0 Å². The molecule has 2 rings (SSSR count). The summed E-state index contributed by atoms with van der Waals surface area (Å²) in [6.07, 6.45) is 3.74. The first-order chi connectivity index (χ1) is 7.18. The molecule has 0 radical (unpaired) electrons. The van der Waals surface area contributed by atoms with E-state index >= 15 is 0 Å². The number of aliphatic hydroxyl groups excluding tert-OH is 1. The van der Waals surface area contributed by atoms with E-state index in [1.807, 2.05) is 6.92 Å². The van der Waals surface area contributed by atoms with Crippen molar-refractivity contribution in [3.05, 3.63) is 18.5 Å². The fourth-order valence-corrected chi connectivity index (χ4v) is 1.83. The van der Waals surface area contributed by atoms with Gasteiger partial charge in [0, 0.05) is 25.5 Å². The smallest absolute Gasteiger partial charge is 0.247 e. The summed E-state index contributed by atoms with van der Waals surface area (Å²) in [4.78, 5) is 13.6. The van der Waals surface area contributed by atoms with E-state index in [4.69, 9.17) is 0 Å². The van der Waals surface area contributed by atoms with Crippen molar-refractivity contribution in [2.75, 3.05) is 13.1 Å². The number of carbonyl (C=O) groups is 1. The van der Waals surface area contributed by atoms with Crippen molar-refractivity contribution in [1.29, 1.82) is 0 Å². The predicted octanol–water partition coefficient (Wildman–Crippen LogP) is 0.0373. The average molecular weight is 209 g/mol. The van der Waals surface area contributed by atoms with Gasteiger partial charge in [0.25, 0.3) is 0 Å². The number of carbonyl (C=O) groups excluding carboxylic acids is 1. The predicted molar refractivity (Wildman–Crippen MR) is 54.1 cm³/mol. The molecule has 1 aromatic rings. The highest BCUT2D eigenvalue weighted by molar-refractivity contribution is 5.80. The Morgan fingerprint density at radius 2 is 2.47 bits per heavy atom. The highest BCUT2D eigenvalue weighted by Gasteiger charge is 2.28. The summed E-state index contributed by atoms with van der Waals surface area (Å²) in [5.41, 5.74) is 0. The summed E-state index contributed by atoms with van der Waals surface area (Å²) >= 11 is 0. The van der Waals surface area contributed by atoms with Crippen LogP contribution in [0.15, 0.2) is 18.5 Å². The summed E-state index contributed by atoms with van der Waals surface area (Å²) in [5.74, 6) is 0.0234. The van der Waals surface area contributed by atoms with Crippen LogP contribution >= 0.6 is 0 Å². The fraction of sp³-hybridized carbons (Fsp3) is 0.600. The Hall–Kier alpha value is -1.36. The van der Waals surface area contributed by atoms with Gasteiger partial charge >= 0.3 is 0 Å². The summed E-state index contributed by atoms with van der Waals surface area (Å²) < 4.78 is 1.63. The second-order valence-corrected chi connectivity index (χ2v) is 3.89. The van der Waals surface area contributed by atoms with Gasteiger partial charge in [-0.05, 0) is 19.4 Å². The minimum atomic E-state index is -0.362. The zero-order chi connectivity index (χ0) is 10.8. The number of rotatable bonds is 2. The van der Waals surface area contributed by atoms with E-state index < -0.39 is 0 Å². The maximum atomic E-state index is 11.9. The molecule has 5 nitrogen and oxygen atoms in total. The second-order valence-electron chi connectivity index (χ2n) is 3.89. The topological polar surface area (TPSA) is 58.4 Å². The number of hydrogen-bond acceptors (Lipinski definition) is 3. The first-order valence-corrected chi connectivity index (χ1v) is 5.14. The van der Waals surface area contributed by atoms with Crippen molar-refractivity contribution in [1.82, 2.24) is 14.7 Å². The molecule has 1 N–H and O–H groups in total. The van der Waals surface area contributed by atoms with Crippen LogP contribution in [0, 0.1) is 0 Å². The largest absolute Gasteiger partial charge is 0.391 e. The quantitative estimate of drug-likeness (QED) is 0.748. The lowest BCUT2D eigenvalue weighted by Gasteiger charge is -2.20. The third-order valence-electron chi connectivity index (χ3n) is 2.75. The number of aliphatic hydroxyl groups is 1. The van der Waals surface area contributed by atoms with E-state index in [1.165, 1.54) is 0 Å². The van der Waals surface area contributed by atoms with Crippen molar-refractivity contribution >= 4 is 5.91 Å². The minimum absolute atomic E-state index is 0.0234. The molecule has 82 valence electrons. The zero-order valence-electron chi connectivity index (χ0n) is 8.71. The Morgan fingerprint density at radius 3 is 3.00 bits per heavy atom. The molecule has 0 bridgehead atoms. The maximum Gasteiger partial charge on any atom is 0.247 e. The standard InChI is InChI=1S/C10H15N3O2/c1-8(13-5-2-4-11-13)10(15)12-6-3-9(14)7-12/h2,4-5,8-9,14H,3,6-7H2,1H3. The molecule has 2 unspecified atom stereocenters. The molecule has 0 spiro atoms. The SMILES string of the molecule is CC(C(=O)N1CCC(O)C1)n1cccn1. The molecule has 1 aliphatic rings. The number of hydrogen-bond donors (Lipinski definition) is 1. The molecule has 0 aromatic carbocycles. The third kappa shape index (κ3) is 2.02. The molecule has 1 amide bonds. The van der Waals surface area contributed by atoms with Crippen LogP contribution in [0.2, 0.25) is 0 Å². The van der Waals surface area contributed by atoms with Crippen molar-refractivity contribution in [3.8, 4) is 0 Å². The highest BCUT2D eigenvalue weighted by Crippen LogP contribution is 2.15. The van der Waals surface area contributed by atoms with Gasteiger partial charge in [-0.2, -0.15) is 5.10 Å². The zero-order valence-corrected chi connectivity index (χ0v) is 8.71. The van der Waals surface area contributed by atoms with Crippen LogP contribution in [0.1, 0.15) is 19.4 Å². The third-order valence-corrected chi connectivity index (χ3v) is 2.75. The Labute approximate surface area is 88.3 Å². The number of β-amino-alcohol motifs (C(OH)–C–C–N with tert-alkyl or cyclic N) is 1. The van der Waals surface area contributed by atoms with Gasteiger partial charge in [0.2, 0.25) is 5.91 Å². The molecule has 15 heavy (non-hydrogen) atoms. The fourth-order valence-electron chi connectivity index (χ4n) is 1.83. The molecule has 1 saturated heterocycles. The normalized spacial score (nSPS) is 23.1. The average Bonchev–Trinajstić information content (AvgIpc) is 2.85. The van der Waals surface area contributed by atoms with Crippen LogP contribution in [-0.4, -0.2) is 44.9 Å². The van der Waals surface area contributed by atoms with Crippen LogP contribution in [0.4, 0.5) is 0 Å². The second kappa shape index (κ2) is 4.02. The van der Waals surface area contributed by atoms with Crippen molar-refractivity contribution < 1.29 is 9.90 Å². The molecule has 1 aromatic heterocycles. The van der Waals surface area contributed by atoms with Gasteiger partial charge in [-0.15, -0.1) is 0 Å². The van der Waals surface area contributed by atoms with Crippen molar-refractivity contribution in [2.24, 2.45) is 0 Å². The lowest BCUT2D eigenvalue weighted by atomic mass is 10.3. The first-order valence-electron chi connectivity index (χ1n) is 5.14. The Bertz CT molecular complexity index is 336. The number of amides is 1. The van der Waals surface area contributed by atoms with Crippen LogP contribution in [0.25, 0.3) is 0 Å².